The fourth-order valence-corrected chi connectivity index (χ4v) is 0.722. The zero-order valence-corrected chi connectivity index (χ0v) is 6.77. The van der Waals surface area contributed by atoms with Gasteiger partial charge in [-0.3, -0.25) is 0 Å². The summed E-state index contributed by atoms with van der Waals surface area (Å²) in [5.41, 5.74) is -0.743. The lowest BCUT2D eigenvalue weighted by Gasteiger charge is -1.96. The maximum Gasteiger partial charge on any atom is 0.361 e. The predicted octanol–water partition coefficient (Wildman–Crippen LogP) is -0.320. The molecule has 1 heterocycles. The molecular weight excluding hydrogens is 178 g/mol. The molecule has 7 nitrogen and oxygen atoms in total. The molecule has 1 aromatic rings. The zero-order chi connectivity index (χ0) is 9.84. The fraction of sp³-hybridized carbons (Fsp3) is 0.333. The smallest absolute Gasteiger partial charge is 0.361 e. The second-order valence-electron chi connectivity index (χ2n) is 2.05. The van der Waals surface area contributed by atoms with Crippen LogP contribution in [0.4, 0.5) is 0 Å². The van der Waals surface area contributed by atoms with Crippen LogP contribution >= 0.6 is 0 Å². The van der Waals surface area contributed by atoms with Crippen molar-refractivity contribution in [2.45, 2.75) is 6.92 Å². The lowest BCUT2D eigenvalue weighted by Crippen LogP contribution is -2.11. The van der Waals surface area contributed by atoms with Crippen molar-refractivity contribution >= 4 is 11.9 Å². The van der Waals surface area contributed by atoms with Gasteiger partial charge in [-0.2, -0.15) is 5.21 Å². The molecular formula is C6H7N3O4. The molecule has 0 radical (unpaired) electrons. The van der Waals surface area contributed by atoms with E-state index in [1.807, 2.05) is 5.21 Å². The standard InChI is InChI=1S/C6H7N3O4/c1-2-13-6(12)4-3(5(10)11)7-9-8-4/h2H2,1H3,(H,10,11)(H,7,8,9). The first-order valence-corrected chi connectivity index (χ1v) is 3.48. The number of nitrogens with zero attached hydrogens (tertiary/aromatic N) is 2. The molecule has 0 fully saturated rings. The van der Waals surface area contributed by atoms with Crippen LogP contribution in [-0.4, -0.2) is 39.1 Å². The molecule has 0 unspecified atom stereocenters. The van der Waals surface area contributed by atoms with Crippen molar-refractivity contribution in [1.82, 2.24) is 15.4 Å². The summed E-state index contributed by atoms with van der Waals surface area (Å²) in [6.45, 7) is 1.77. The Kier molecular flexibility index (Phi) is 2.58. The van der Waals surface area contributed by atoms with Crippen LogP contribution in [0.2, 0.25) is 0 Å². The highest BCUT2D eigenvalue weighted by Gasteiger charge is 2.22. The van der Waals surface area contributed by atoms with Gasteiger partial charge in [-0.15, -0.1) is 10.2 Å². The van der Waals surface area contributed by atoms with E-state index in [-0.39, 0.29) is 12.3 Å². The van der Waals surface area contributed by atoms with Gasteiger partial charge in [-0.1, -0.05) is 0 Å². The summed E-state index contributed by atoms with van der Waals surface area (Å²) >= 11 is 0. The number of rotatable bonds is 3. The van der Waals surface area contributed by atoms with Crippen LogP contribution in [-0.2, 0) is 4.74 Å². The third-order valence-corrected chi connectivity index (χ3v) is 1.22. The minimum absolute atomic E-state index is 0.157. The van der Waals surface area contributed by atoms with Crippen LogP contribution in [0.15, 0.2) is 0 Å². The Morgan fingerprint density at radius 3 is 2.62 bits per heavy atom. The third-order valence-electron chi connectivity index (χ3n) is 1.22. The molecule has 0 amide bonds. The Morgan fingerprint density at radius 1 is 1.46 bits per heavy atom. The van der Waals surface area contributed by atoms with E-state index in [0.717, 1.165) is 0 Å². The highest BCUT2D eigenvalue weighted by molar-refractivity contribution is 5.99. The van der Waals surface area contributed by atoms with E-state index in [9.17, 15) is 9.59 Å². The van der Waals surface area contributed by atoms with Crippen molar-refractivity contribution in [3.63, 3.8) is 0 Å². The largest absolute Gasteiger partial charge is 0.476 e. The van der Waals surface area contributed by atoms with Crippen molar-refractivity contribution in [2.24, 2.45) is 0 Å². The second kappa shape index (κ2) is 3.65. The van der Waals surface area contributed by atoms with Gasteiger partial charge < -0.3 is 9.84 Å². The summed E-state index contributed by atoms with van der Waals surface area (Å²) in [4.78, 5) is 21.5. The van der Waals surface area contributed by atoms with Gasteiger partial charge in [0, 0.05) is 0 Å². The van der Waals surface area contributed by atoms with E-state index in [1.54, 1.807) is 6.92 Å². The number of hydrogen-bond donors (Lipinski definition) is 2. The lowest BCUT2D eigenvalue weighted by atomic mass is 10.3. The number of nitrogens with one attached hydrogen (secondary N) is 1. The van der Waals surface area contributed by atoms with E-state index >= 15 is 0 Å². The van der Waals surface area contributed by atoms with Gasteiger partial charge in [0.15, 0.2) is 0 Å². The maximum absolute atomic E-state index is 11.0. The predicted molar refractivity (Wildman–Crippen MR) is 39.3 cm³/mol. The molecule has 0 spiro atoms. The van der Waals surface area contributed by atoms with E-state index in [2.05, 4.69) is 14.9 Å². The summed E-state index contributed by atoms with van der Waals surface area (Å²) in [6, 6.07) is 0. The highest BCUT2D eigenvalue weighted by Crippen LogP contribution is 2.02. The zero-order valence-electron chi connectivity index (χ0n) is 6.77. The van der Waals surface area contributed by atoms with Crippen molar-refractivity contribution in [1.29, 1.82) is 0 Å². The number of carboxylic acids is 1. The molecule has 1 aromatic heterocycles. The average Bonchev–Trinajstić information content (AvgIpc) is 2.52. The normalized spacial score (nSPS) is 9.62. The van der Waals surface area contributed by atoms with Crippen molar-refractivity contribution in [2.75, 3.05) is 6.61 Å². The van der Waals surface area contributed by atoms with E-state index in [1.165, 1.54) is 0 Å². The first-order valence-electron chi connectivity index (χ1n) is 3.48. The van der Waals surface area contributed by atoms with Crippen LogP contribution < -0.4 is 0 Å². The summed E-state index contributed by atoms with van der Waals surface area (Å²) in [7, 11) is 0. The Bertz CT molecular complexity index is 332. The van der Waals surface area contributed by atoms with Gasteiger partial charge in [0.2, 0.25) is 11.4 Å². The summed E-state index contributed by atoms with van der Waals surface area (Å²) < 4.78 is 4.55. The van der Waals surface area contributed by atoms with Crippen LogP contribution in [0.5, 0.6) is 0 Å². The lowest BCUT2D eigenvalue weighted by molar-refractivity contribution is 0.0507. The Hall–Kier alpha value is -1.92. The molecule has 0 atom stereocenters. The molecule has 0 aromatic carbocycles. The second-order valence-corrected chi connectivity index (χ2v) is 2.05. The van der Waals surface area contributed by atoms with Gasteiger partial charge in [0.25, 0.3) is 0 Å². The van der Waals surface area contributed by atoms with Gasteiger partial charge >= 0.3 is 11.9 Å². The molecule has 0 saturated heterocycles. The van der Waals surface area contributed by atoms with Gasteiger partial charge in [0.1, 0.15) is 0 Å². The maximum atomic E-state index is 11.0. The molecule has 0 aliphatic heterocycles. The Balaban J connectivity index is 2.93. The Labute approximate surface area is 72.7 Å². The first kappa shape index (κ1) is 9.17. The number of esters is 1. The minimum atomic E-state index is -1.32. The summed E-state index contributed by atoms with van der Waals surface area (Å²) in [5, 5.41) is 17.2. The monoisotopic (exact) mass is 185 g/mol. The molecule has 0 aliphatic rings. The number of carbonyl (C=O) groups is 2. The highest BCUT2D eigenvalue weighted by atomic mass is 16.5. The average molecular weight is 185 g/mol. The van der Waals surface area contributed by atoms with Gasteiger partial charge in [-0.25, -0.2) is 9.59 Å². The van der Waals surface area contributed by atoms with Crippen molar-refractivity contribution in [3.8, 4) is 0 Å². The summed E-state index contributed by atoms with van der Waals surface area (Å²) in [6.07, 6.45) is 0. The number of aromatic amines is 1. The number of aromatic carboxylic acids is 1. The van der Waals surface area contributed by atoms with E-state index in [4.69, 9.17) is 5.11 Å². The molecule has 0 bridgehead atoms. The summed E-state index contributed by atoms with van der Waals surface area (Å²) in [5.74, 6) is -2.12. The SMILES string of the molecule is CCOC(=O)c1n[nH]nc1C(=O)O. The van der Waals surface area contributed by atoms with Crippen LogP contribution in [0.3, 0.4) is 0 Å². The van der Waals surface area contributed by atoms with Crippen LogP contribution in [0.25, 0.3) is 0 Å². The first-order chi connectivity index (χ1) is 6.16. The molecule has 13 heavy (non-hydrogen) atoms. The van der Waals surface area contributed by atoms with E-state index in [0.29, 0.717) is 0 Å². The number of carbonyl (C=O) groups excluding carboxylic acids is 1. The van der Waals surface area contributed by atoms with Crippen molar-refractivity contribution < 1.29 is 19.4 Å². The molecule has 7 heteroatoms. The number of carboxylic acid groups (broad SMARTS) is 1. The third kappa shape index (κ3) is 1.81. The van der Waals surface area contributed by atoms with Gasteiger partial charge in [0.05, 0.1) is 6.61 Å². The van der Waals surface area contributed by atoms with Crippen LogP contribution in [0.1, 0.15) is 27.9 Å². The molecule has 70 valence electrons. The number of aromatic nitrogens is 3. The van der Waals surface area contributed by atoms with Crippen LogP contribution in [0, 0.1) is 0 Å². The number of hydrogen-bond acceptors (Lipinski definition) is 5. The van der Waals surface area contributed by atoms with Gasteiger partial charge in [-0.05, 0) is 6.92 Å². The Morgan fingerprint density at radius 2 is 2.08 bits per heavy atom. The molecule has 0 saturated carbocycles. The molecule has 0 aliphatic carbocycles. The number of H-pyrrole nitrogens is 1. The molecule has 2 N–H and O–H groups in total. The topological polar surface area (TPSA) is 105 Å². The number of ether oxygens (including phenoxy) is 1. The minimum Gasteiger partial charge on any atom is -0.476 e. The van der Waals surface area contributed by atoms with Crippen molar-refractivity contribution in [3.05, 3.63) is 11.4 Å². The quantitative estimate of drug-likeness (QED) is 0.625. The molecule has 1 rings (SSSR count). The van der Waals surface area contributed by atoms with E-state index < -0.39 is 17.6 Å². The fourth-order valence-electron chi connectivity index (χ4n) is 0.722.